The van der Waals surface area contributed by atoms with E-state index in [1.165, 1.54) is 28.8 Å². The summed E-state index contributed by atoms with van der Waals surface area (Å²) >= 11 is 0. The van der Waals surface area contributed by atoms with Crippen molar-refractivity contribution in [1.82, 2.24) is 25.0 Å². The summed E-state index contributed by atoms with van der Waals surface area (Å²) in [5.41, 5.74) is 5.61. The Kier molecular flexibility index (Phi) is 7.10. The SMILES string of the molecule is O=C1c2c(c3c4ccc(O)cc4n(C4OC(CO)C(O)C(O)C4O)c3c3[nH]c4cc(O)ccc4c23)C(=O)N1NCCCc1cccnc1. The molecule has 2 amide bonds. The average Bonchev–Trinajstić information content (AvgIpc) is 3.69. The van der Waals surface area contributed by atoms with Crippen molar-refractivity contribution in [2.45, 2.75) is 43.5 Å². The number of imide groups is 1. The molecule has 5 unspecified atom stereocenters. The van der Waals surface area contributed by atoms with E-state index in [1.54, 1.807) is 24.5 Å². The number of phenols is 2. The van der Waals surface area contributed by atoms with Gasteiger partial charge in [0.1, 0.15) is 35.9 Å². The van der Waals surface area contributed by atoms with Gasteiger partial charge in [-0.1, -0.05) is 6.07 Å². The predicted octanol–water partition coefficient (Wildman–Crippen LogP) is 1.94. The van der Waals surface area contributed by atoms with Crippen molar-refractivity contribution in [3.05, 3.63) is 77.6 Å². The van der Waals surface area contributed by atoms with E-state index >= 15 is 0 Å². The molecule has 0 aliphatic carbocycles. The van der Waals surface area contributed by atoms with Gasteiger partial charge in [0.2, 0.25) is 0 Å². The van der Waals surface area contributed by atoms with E-state index in [-0.39, 0.29) is 28.1 Å². The van der Waals surface area contributed by atoms with Gasteiger partial charge in [-0.25, -0.2) is 10.4 Å². The number of hydrogen-bond acceptors (Lipinski definition) is 11. The van der Waals surface area contributed by atoms with Crippen LogP contribution in [-0.4, -0.2) is 99.6 Å². The molecule has 8 rings (SSSR count). The van der Waals surface area contributed by atoms with Crippen molar-refractivity contribution >= 4 is 55.4 Å². The minimum absolute atomic E-state index is 0.0411. The molecule has 0 bridgehead atoms. The second-order valence-electron chi connectivity index (χ2n) is 12.2. The number of aliphatic hydroxyl groups excluding tert-OH is 4. The number of hydrogen-bond donors (Lipinski definition) is 8. The first kappa shape index (κ1) is 30.3. The Morgan fingerprint density at radius 2 is 1.62 bits per heavy atom. The van der Waals surface area contributed by atoms with E-state index in [0.29, 0.717) is 57.5 Å². The molecule has 0 radical (unpaired) electrons. The molecule has 3 aromatic heterocycles. The van der Waals surface area contributed by atoms with Crippen molar-refractivity contribution < 1.29 is 45.0 Å². The monoisotopic (exact) mass is 653 g/mol. The van der Waals surface area contributed by atoms with Crippen molar-refractivity contribution in [3.8, 4) is 11.5 Å². The van der Waals surface area contributed by atoms with E-state index in [4.69, 9.17) is 4.74 Å². The summed E-state index contributed by atoms with van der Waals surface area (Å²) in [6, 6.07) is 12.8. The summed E-state index contributed by atoms with van der Waals surface area (Å²) in [5, 5.41) is 66.1. The molecule has 5 atom stereocenters. The third-order valence-corrected chi connectivity index (χ3v) is 9.35. The zero-order chi connectivity index (χ0) is 33.4. The normalized spacial score (nSPS) is 22.9. The molecule has 48 heavy (non-hydrogen) atoms. The Hall–Kier alpha value is -5.09. The Labute approximate surface area is 271 Å². The Morgan fingerprint density at radius 3 is 2.35 bits per heavy atom. The maximum Gasteiger partial charge on any atom is 0.276 e. The number of amides is 2. The Morgan fingerprint density at radius 1 is 0.896 bits per heavy atom. The molecule has 1 saturated heterocycles. The highest BCUT2D eigenvalue weighted by atomic mass is 16.6. The van der Waals surface area contributed by atoms with Gasteiger partial charge in [-0.2, -0.15) is 0 Å². The maximum atomic E-state index is 14.3. The lowest BCUT2D eigenvalue weighted by Crippen LogP contribution is -2.56. The third kappa shape index (κ3) is 4.38. The Balaban J connectivity index is 1.37. The summed E-state index contributed by atoms with van der Waals surface area (Å²) in [5.74, 6) is -1.38. The number of ether oxygens (including phenoxy) is 1. The first-order chi connectivity index (χ1) is 23.2. The highest BCUT2D eigenvalue weighted by Crippen LogP contribution is 2.47. The molecule has 2 aliphatic heterocycles. The fourth-order valence-electron chi connectivity index (χ4n) is 7.15. The number of aliphatic hydroxyl groups is 4. The van der Waals surface area contributed by atoms with Crippen molar-refractivity contribution in [2.75, 3.05) is 13.2 Å². The summed E-state index contributed by atoms with van der Waals surface area (Å²) in [4.78, 5) is 36.0. The molecule has 0 saturated carbocycles. The van der Waals surface area contributed by atoms with Gasteiger partial charge in [0.05, 0.1) is 39.8 Å². The number of carbonyl (C=O) groups excluding carboxylic acids is 2. The number of benzene rings is 3. The average molecular weight is 654 g/mol. The van der Waals surface area contributed by atoms with Gasteiger partial charge < -0.3 is 44.9 Å². The standard InChI is InChI=1S/C34H31N5O9/c40-14-22-29(43)30(44)31(45)34(48-22)38-21-12-17(42)6-8-19(21)24-26-25(23-18-7-5-16(41)11-20(18)37-27(23)28(24)38)32(46)39(33(26)47)36-10-2-4-15-3-1-9-35-13-15/h1,3,5-9,11-13,22,29-31,34,36-37,40-45H,2,4,10,14H2. The molecule has 246 valence electrons. The minimum Gasteiger partial charge on any atom is -0.508 e. The fraction of sp³-hybridized carbons (Fsp3) is 0.265. The van der Waals surface area contributed by atoms with Crippen LogP contribution in [0.5, 0.6) is 11.5 Å². The number of H-pyrrole nitrogens is 1. The highest BCUT2D eigenvalue weighted by Gasteiger charge is 2.47. The predicted molar refractivity (Wildman–Crippen MR) is 172 cm³/mol. The summed E-state index contributed by atoms with van der Waals surface area (Å²) < 4.78 is 7.49. The number of aryl methyl sites for hydroxylation is 1. The van der Waals surface area contributed by atoms with Crippen LogP contribution in [0.4, 0.5) is 0 Å². The van der Waals surface area contributed by atoms with Crippen molar-refractivity contribution in [3.63, 3.8) is 0 Å². The van der Waals surface area contributed by atoms with Gasteiger partial charge in [-0.3, -0.25) is 14.6 Å². The minimum atomic E-state index is -1.72. The van der Waals surface area contributed by atoms with E-state index in [9.17, 15) is 40.2 Å². The zero-order valence-corrected chi connectivity index (χ0v) is 25.2. The topological polar surface area (TPSA) is 214 Å². The van der Waals surface area contributed by atoms with E-state index < -0.39 is 49.1 Å². The van der Waals surface area contributed by atoms with E-state index in [2.05, 4.69) is 15.4 Å². The molecular formula is C34H31N5O9. The number of pyridine rings is 1. The number of aromatic amines is 1. The number of carbonyl (C=O) groups is 2. The highest BCUT2D eigenvalue weighted by molar-refractivity contribution is 6.39. The van der Waals surface area contributed by atoms with Crippen molar-refractivity contribution in [2.24, 2.45) is 0 Å². The van der Waals surface area contributed by atoms with Gasteiger partial charge >= 0.3 is 0 Å². The molecule has 0 spiro atoms. The van der Waals surface area contributed by atoms with Crippen LogP contribution in [0.15, 0.2) is 60.9 Å². The number of phenolic OH excluding ortho intramolecular Hbond substituents is 2. The smallest absolute Gasteiger partial charge is 0.276 e. The molecular weight excluding hydrogens is 622 g/mol. The van der Waals surface area contributed by atoms with Crippen LogP contribution in [0.1, 0.15) is 38.9 Å². The Bertz CT molecular complexity index is 2260. The molecule has 2 aliphatic rings. The summed E-state index contributed by atoms with van der Waals surface area (Å²) in [6.07, 6.45) is -3.01. The number of aromatic nitrogens is 3. The van der Waals surface area contributed by atoms with Crippen LogP contribution >= 0.6 is 0 Å². The largest absolute Gasteiger partial charge is 0.508 e. The number of nitrogens with one attached hydrogen (secondary N) is 2. The lowest BCUT2D eigenvalue weighted by Gasteiger charge is -2.41. The van der Waals surface area contributed by atoms with E-state index in [1.807, 2.05) is 12.1 Å². The third-order valence-electron chi connectivity index (χ3n) is 9.35. The van der Waals surface area contributed by atoms with Crippen LogP contribution in [0.3, 0.4) is 0 Å². The number of rotatable bonds is 7. The first-order valence-corrected chi connectivity index (χ1v) is 15.5. The second-order valence-corrected chi connectivity index (χ2v) is 12.2. The number of nitrogens with zero attached hydrogens (tertiary/aromatic N) is 3. The lowest BCUT2D eigenvalue weighted by atomic mass is 9.96. The number of fused-ring (bicyclic) bond motifs is 10. The lowest BCUT2D eigenvalue weighted by molar-refractivity contribution is -0.249. The summed E-state index contributed by atoms with van der Waals surface area (Å²) in [7, 11) is 0. The van der Waals surface area contributed by atoms with Crippen LogP contribution in [0, 0.1) is 0 Å². The molecule has 6 aromatic rings. The van der Waals surface area contributed by atoms with Crippen molar-refractivity contribution in [1.29, 1.82) is 0 Å². The van der Waals surface area contributed by atoms with Gasteiger partial charge in [0.15, 0.2) is 6.23 Å². The maximum absolute atomic E-state index is 14.3. The number of hydrazine groups is 1. The van der Waals surface area contributed by atoms with Gasteiger partial charge in [-0.05, 0) is 48.7 Å². The van der Waals surface area contributed by atoms with Crippen LogP contribution < -0.4 is 5.43 Å². The van der Waals surface area contributed by atoms with Gasteiger partial charge in [0.25, 0.3) is 11.8 Å². The zero-order valence-electron chi connectivity index (χ0n) is 25.2. The van der Waals surface area contributed by atoms with Crippen LogP contribution in [0.2, 0.25) is 0 Å². The molecule has 3 aromatic carbocycles. The second kappa shape index (κ2) is 11.3. The van der Waals surface area contributed by atoms with Crippen LogP contribution in [0.25, 0.3) is 43.6 Å². The van der Waals surface area contributed by atoms with Crippen LogP contribution in [-0.2, 0) is 11.2 Å². The quantitative estimate of drug-likeness (QED) is 0.0921. The molecule has 8 N–H and O–H groups in total. The molecule has 14 nitrogen and oxygen atoms in total. The van der Waals surface area contributed by atoms with Gasteiger partial charge in [0, 0.05) is 52.6 Å². The fourth-order valence-corrected chi connectivity index (χ4v) is 7.15. The first-order valence-electron chi connectivity index (χ1n) is 15.5. The van der Waals surface area contributed by atoms with E-state index in [0.717, 1.165) is 10.6 Å². The summed E-state index contributed by atoms with van der Waals surface area (Å²) in [6.45, 7) is -0.371. The number of aromatic hydroxyl groups is 2. The van der Waals surface area contributed by atoms with Gasteiger partial charge in [-0.15, -0.1) is 0 Å². The molecule has 5 heterocycles. The molecule has 1 fully saturated rings. The molecule has 14 heteroatoms.